The Morgan fingerprint density at radius 1 is 1.27 bits per heavy atom. The van der Waals surface area contributed by atoms with E-state index in [0.29, 0.717) is 23.8 Å². The maximum absolute atomic E-state index is 11.3. The van der Waals surface area contributed by atoms with Crippen molar-refractivity contribution in [1.82, 2.24) is 9.88 Å². The topological polar surface area (TPSA) is 90.7 Å². The minimum atomic E-state index is -0.880. The minimum Gasteiger partial charge on any atom is -0.481 e. The van der Waals surface area contributed by atoms with Gasteiger partial charge in [-0.05, 0) is 32.2 Å². The van der Waals surface area contributed by atoms with E-state index < -0.39 is 11.9 Å². The van der Waals surface area contributed by atoms with Gasteiger partial charge < -0.3 is 15.1 Å². The molecule has 6 nitrogen and oxygen atoms in total. The third-order valence-electron chi connectivity index (χ3n) is 4.35. The van der Waals surface area contributed by atoms with Crippen LogP contribution in [-0.4, -0.2) is 51.7 Å². The van der Waals surface area contributed by atoms with Gasteiger partial charge in [-0.15, -0.1) is 11.3 Å². The van der Waals surface area contributed by atoms with Crippen LogP contribution in [0, 0.1) is 5.92 Å². The lowest BCUT2D eigenvalue weighted by molar-refractivity contribution is -0.143. The first-order valence-electron chi connectivity index (χ1n) is 7.72. The summed E-state index contributed by atoms with van der Waals surface area (Å²) in [5, 5.41) is 19.2. The molecule has 2 fully saturated rings. The van der Waals surface area contributed by atoms with Gasteiger partial charge in [0.05, 0.1) is 16.6 Å². The van der Waals surface area contributed by atoms with E-state index in [0.717, 1.165) is 49.5 Å². The zero-order chi connectivity index (χ0) is 15.7. The van der Waals surface area contributed by atoms with Crippen molar-refractivity contribution < 1.29 is 19.8 Å². The molecule has 3 rings (SSSR count). The van der Waals surface area contributed by atoms with Gasteiger partial charge in [0.25, 0.3) is 0 Å². The summed E-state index contributed by atoms with van der Waals surface area (Å²) in [6, 6.07) is 0. The van der Waals surface area contributed by atoms with Crippen molar-refractivity contribution in [3.63, 3.8) is 0 Å². The molecule has 0 radical (unpaired) electrons. The van der Waals surface area contributed by atoms with Crippen molar-refractivity contribution in [2.75, 3.05) is 19.6 Å². The predicted octanol–water partition coefficient (Wildman–Crippen LogP) is 2.06. The molecule has 1 aliphatic carbocycles. The lowest BCUT2D eigenvalue weighted by atomic mass is 9.98. The second-order valence-electron chi connectivity index (χ2n) is 6.13. The zero-order valence-electron chi connectivity index (χ0n) is 12.3. The quantitative estimate of drug-likeness (QED) is 0.832. The van der Waals surface area contributed by atoms with E-state index >= 15 is 0 Å². The molecule has 7 heteroatoms. The summed E-state index contributed by atoms with van der Waals surface area (Å²) in [4.78, 5) is 29.4. The van der Waals surface area contributed by atoms with Crippen molar-refractivity contribution in [3.05, 3.63) is 15.6 Å². The van der Waals surface area contributed by atoms with Crippen LogP contribution in [0.3, 0.4) is 0 Å². The molecular weight excluding hydrogens is 304 g/mol. The summed E-state index contributed by atoms with van der Waals surface area (Å²) in [6.45, 7) is 2.25. The third-order valence-corrected chi connectivity index (χ3v) is 5.47. The number of carboxylic acid groups (broad SMARTS) is 2. The van der Waals surface area contributed by atoms with Crippen LogP contribution in [0.1, 0.15) is 52.0 Å². The number of hydrogen-bond donors (Lipinski definition) is 2. The molecule has 0 spiro atoms. The third kappa shape index (κ3) is 3.47. The normalized spacial score (nSPS) is 22.6. The van der Waals surface area contributed by atoms with Crippen LogP contribution >= 0.6 is 11.3 Å². The van der Waals surface area contributed by atoms with E-state index in [2.05, 4.69) is 9.88 Å². The largest absolute Gasteiger partial charge is 0.481 e. The number of piperidine rings is 1. The van der Waals surface area contributed by atoms with Crippen LogP contribution < -0.4 is 0 Å². The van der Waals surface area contributed by atoms with Crippen molar-refractivity contribution in [1.29, 1.82) is 0 Å². The molecule has 0 amide bonds. The van der Waals surface area contributed by atoms with E-state index in [9.17, 15) is 14.7 Å². The molecule has 120 valence electrons. The molecule has 2 aliphatic rings. The van der Waals surface area contributed by atoms with Gasteiger partial charge in [0.2, 0.25) is 0 Å². The maximum Gasteiger partial charge on any atom is 0.347 e. The minimum absolute atomic E-state index is 0.276. The fourth-order valence-corrected chi connectivity index (χ4v) is 3.96. The Bertz CT molecular complexity index is 582. The first-order valence-corrected chi connectivity index (χ1v) is 8.54. The second-order valence-corrected chi connectivity index (χ2v) is 7.21. The number of aromatic carboxylic acids is 1. The van der Waals surface area contributed by atoms with Gasteiger partial charge in [-0.25, -0.2) is 9.78 Å². The molecule has 1 aromatic rings. The Kier molecular flexibility index (Phi) is 4.44. The van der Waals surface area contributed by atoms with Crippen LogP contribution in [0.2, 0.25) is 0 Å². The van der Waals surface area contributed by atoms with Gasteiger partial charge in [0.1, 0.15) is 4.88 Å². The van der Waals surface area contributed by atoms with E-state index in [4.69, 9.17) is 5.11 Å². The smallest absolute Gasteiger partial charge is 0.347 e. The van der Waals surface area contributed by atoms with Crippen molar-refractivity contribution in [3.8, 4) is 0 Å². The molecule has 1 aliphatic heterocycles. The fourth-order valence-electron chi connectivity index (χ4n) is 2.99. The highest BCUT2D eigenvalue weighted by atomic mass is 32.1. The summed E-state index contributed by atoms with van der Waals surface area (Å²) in [7, 11) is 0. The molecule has 1 unspecified atom stereocenters. The van der Waals surface area contributed by atoms with Crippen LogP contribution in [0.25, 0.3) is 0 Å². The zero-order valence-corrected chi connectivity index (χ0v) is 13.1. The number of carboxylic acids is 2. The summed E-state index contributed by atoms with van der Waals surface area (Å²) in [6.07, 6.45) is 4.43. The Balaban J connectivity index is 1.60. The first kappa shape index (κ1) is 15.4. The van der Waals surface area contributed by atoms with Gasteiger partial charge in [0, 0.05) is 25.4 Å². The number of aliphatic carboxylic acids is 1. The monoisotopic (exact) mass is 324 g/mol. The maximum atomic E-state index is 11.3. The van der Waals surface area contributed by atoms with Gasteiger partial charge in [-0.2, -0.15) is 0 Å². The van der Waals surface area contributed by atoms with Crippen molar-refractivity contribution in [2.45, 2.75) is 38.0 Å². The van der Waals surface area contributed by atoms with Crippen molar-refractivity contribution in [2.24, 2.45) is 5.92 Å². The number of carbonyl (C=O) groups is 2. The lowest BCUT2D eigenvalue weighted by Gasteiger charge is -2.30. The van der Waals surface area contributed by atoms with Gasteiger partial charge >= 0.3 is 11.9 Å². The lowest BCUT2D eigenvalue weighted by Crippen LogP contribution is -2.39. The number of thiazole rings is 1. The van der Waals surface area contributed by atoms with Crippen LogP contribution in [0.5, 0.6) is 0 Å². The highest BCUT2D eigenvalue weighted by molar-refractivity contribution is 7.13. The molecule has 1 saturated carbocycles. The van der Waals surface area contributed by atoms with Gasteiger partial charge in [-0.3, -0.25) is 4.79 Å². The fraction of sp³-hybridized carbons (Fsp3) is 0.667. The molecule has 1 saturated heterocycles. The number of aromatic nitrogens is 1. The Morgan fingerprint density at radius 3 is 2.68 bits per heavy atom. The molecular formula is C15H20N2O4S. The van der Waals surface area contributed by atoms with E-state index in [-0.39, 0.29) is 5.92 Å². The Labute approximate surface area is 132 Å². The van der Waals surface area contributed by atoms with Crippen molar-refractivity contribution >= 4 is 23.3 Å². The Morgan fingerprint density at radius 2 is 2.05 bits per heavy atom. The van der Waals surface area contributed by atoms with Crippen LogP contribution in [-0.2, 0) is 11.2 Å². The second kappa shape index (κ2) is 6.34. The summed E-state index contributed by atoms with van der Waals surface area (Å²) in [5.41, 5.74) is 0.759. The van der Waals surface area contributed by atoms with E-state index in [1.54, 1.807) is 0 Å². The number of nitrogens with zero attached hydrogens (tertiary/aromatic N) is 2. The number of rotatable bonds is 6. The van der Waals surface area contributed by atoms with Gasteiger partial charge in [-0.1, -0.05) is 0 Å². The number of hydrogen-bond acceptors (Lipinski definition) is 5. The summed E-state index contributed by atoms with van der Waals surface area (Å²) < 4.78 is 0. The highest BCUT2D eigenvalue weighted by Crippen LogP contribution is 2.42. The molecule has 2 heterocycles. The average molecular weight is 324 g/mol. The molecule has 0 bridgehead atoms. The molecule has 22 heavy (non-hydrogen) atoms. The predicted molar refractivity (Wildman–Crippen MR) is 81.6 cm³/mol. The molecule has 1 aromatic heterocycles. The van der Waals surface area contributed by atoms with E-state index in [1.807, 2.05) is 0 Å². The van der Waals surface area contributed by atoms with Crippen LogP contribution in [0.4, 0.5) is 0 Å². The highest BCUT2D eigenvalue weighted by Gasteiger charge is 2.32. The average Bonchev–Trinajstić information content (AvgIpc) is 3.25. The summed E-state index contributed by atoms with van der Waals surface area (Å²) >= 11 is 1.28. The van der Waals surface area contributed by atoms with E-state index in [1.165, 1.54) is 11.3 Å². The SMILES string of the molecule is O=C(O)c1sc(CCN2CCCC(C(=O)O)C2)nc1C1CC1. The number of likely N-dealkylation sites (tertiary alicyclic amines) is 1. The summed E-state index contributed by atoms with van der Waals surface area (Å²) in [5.74, 6) is -1.54. The Hall–Kier alpha value is -1.47. The molecule has 2 N–H and O–H groups in total. The standard InChI is InChI=1S/C15H20N2O4S/c18-14(19)10-2-1-6-17(8-10)7-5-11-16-12(9-3-4-9)13(22-11)15(20)21/h9-10H,1-8H2,(H,18,19)(H,20,21). The van der Waals surface area contributed by atoms with Gasteiger partial charge in [0.15, 0.2) is 0 Å². The molecule has 0 aromatic carbocycles. The molecule has 1 atom stereocenters. The first-order chi connectivity index (χ1) is 10.5. The van der Waals surface area contributed by atoms with Crippen LogP contribution in [0.15, 0.2) is 0 Å².